The van der Waals surface area contributed by atoms with Crippen LogP contribution >= 0.6 is 11.6 Å². The Morgan fingerprint density at radius 2 is 2.29 bits per heavy atom. The molecule has 2 heterocycles. The Hall–Kier alpha value is -0.590. The normalized spacial score (nSPS) is 22.2. The first-order valence-electron chi connectivity index (χ1n) is 5.63. The highest BCUT2D eigenvalue weighted by Gasteiger charge is 2.34. The van der Waals surface area contributed by atoms with Crippen LogP contribution in [-0.2, 0) is 17.1 Å². The molecule has 1 aliphatic rings. The average Bonchev–Trinajstić information content (AvgIpc) is 2.87. The number of sulfonamides is 1. The van der Waals surface area contributed by atoms with Crippen LogP contribution in [-0.4, -0.2) is 35.4 Å². The average molecular weight is 278 g/mol. The summed E-state index contributed by atoms with van der Waals surface area (Å²) >= 11 is 5.94. The molecule has 0 aromatic carbocycles. The van der Waals surface area contributed by atoms with Crippen molar-refractivity contribution in [2.75, 3.05) is 13.1 Å². The van der Waals surface area contributed by atoms with Crippen molar-refractivity contribution in [1.29, 1.82) is 0 Å². The largest absolute Gasteiger partial charge is 0.324 e. The van der Waals surface area contributed by atoms with Crippen molar-refractivity contribution in [3.8, 4) is 0 Å². The van der Waals surface area contributed by atoms with E-state index in [1.165, 1.54) is 15.2 Å². The molecule has 17 heavy (non-hydrogen) atoms. The van der Waals surface area contributed by atoms with E-state index in [0.717, 1.165) is 12.8 Å². The molecule has 0 saturated carbocycles. The van der Waals surface area contributed by atoms with E-state index in [4.69, 9.17) is 11.6 Å². The molecule has 1 aliphatic heterocycles. The molecule has 0 bridgehead atoms. The standard InChI is InChI=1S/C10H16ClN3O2S/c1-3-8-4-5-14(6-8)17(15,16)10-9(11)13(2)7-12-10/h7-8H,3-6H2,1-2H3. The smallest absolute Gasteiger partial charge is 0.263 e. The number of hydrogen-bond acceptors (Lipinski definition) is 3. The summed E-state index contributed by atoms with van der Waals surface area (Å²) in [4.78, 5) is 3.88. The van der Waals surface area contributed by atoms with E-state index in [-0.39, 0.29) is 10.2 Å². The Labute approximate surface area is 106 Å². The summed E-state index contributed by atoms with van der Waals surface area (Å²) < 4.78 is 27.6. The van der Waals surface area contributed by atoms with E-state index in [0.29, 0.717) is 19.0 Å². The Balaban J connectivity index is 2.29. The number of hydrogen-bond donors (Lipinski definition) is 0. The fraction of sp³-hybridized carbons (Fsp3) is 0.700. The van der Waals surface area contributed by atoms with Gasteiger partial charge < -0.3 is 4.57 Å². The zero-order valence-electron chi connectivity index (χ0n) is 9.93. The van der Waals surface area contributed by atoms with Crippen LogP contribution in [0.1, 0.15) is 19.8 Å². The molecule has 7 heteroatoms. The first-order chi connectivity index (χ1) is 7.96. The molecule has 96 valence electrons. The lowest BCUT2D eigenvalue weighted by atomic mass is 10.1. The van der Waals surface area contributed by atoms with Crippen LogP contribution in [0.4, 0.5) is 0 Å². The Bertz CT molecular complexity index is 512. The fourth-order valence-electron chi connectivity index (χ4n) is 2.04. The lowest BCUT2D eigenvalue weighted by Crippen LogP contribution is -2.29. The summed E-state index contributed by atoms with van der Waals surface area (Å²) in [5, 5.41) is 0.142. The van der Waals surface area contributed by atoms with E-state index in [1.54, 1.807) is 7.05 Å². The lowest BCUT2D eigenvalue weighted by Gasteiger charge is -2.14. The quantitative estimate of drug-likeness (QED) is 0.841. The maximum atomic E-state index is 12.3. The highest BCUT2D eigenvalue weighted by Crippen LogP contribution is 2.28. The number of rotatable bonds is 3. The second kappa shape index (κ2) is 4.59. The van der Waals surface area contributed by atoms with E-state index < -0.39 is 10.0 Å². The molecular weight excluding hydrogens is 262 g/mol. The number of aromatic nitrogens is 2. The van der Waals surface area contributed by atoms with Crippen LogP contribution in [0.15, 0.2) is 11.4 Å². The predicted octanol–water partition coefficient (Wildman–Crippen LogP) is 1.49. The molecule has 1 atom stereocenters. The molecule has 5 nitrogen and oxygen atoms in total. The molecule has 0 amide bonds. The van der Waals surface area contributed by atoms with Crippen molar-refractivity contribution in [2.24, 2.45) is 13.0 Å². The third kappa shape index (κ3) is 2.21. The summed E-state index contributed by atoms with van der Waals surface area (Å²) in [6.07, 6.45) is 3.34. The van der Waals surface area contributed by atoms with Crippen molar-refractivity contribution in [2.45, 2.75) is 24.8 Å². The second-order valence-corrected chi connectivity index (χ2v) is 6.59. The van der Waals surface area contributed by atoms with Gasteiger partial charge in [0.1, 0.15) is 5.15 Å². The number of aryl methyl sites for hydroxylation is 1. The van der Waals surface area contributed by atoms with Gasteiger partial charge in [0, 0.05) is 20.1 Å². The summed E-state index contributed by atoms with van der Waals surface area (Å²) in [5.41, 5.74) is 0. The summed E-state index contributed by atoms with van der Waals surface area (Å²) in [7, 11) is -1.85. The van der Waals surface area contributed by atoms with E-state index in [2.05, 4.69) is 11.9 Å². The number of nitrogens with zero attached hydrogens (tertiary/aromatic N) is 3. The van der Waals surface area contributed by atoms with Gasteiger partial charge in [-0.25, -0.2) is 13.4 Å². The Morgan fingerprint density at radius 1 is 1.59 bits per heavy atom. The highest BCUT2D eigenvalue weighted by atomic mass is 35.5. The highest BCUT2D eigenvalue weighted by molar-refractivity contribution is 7.89. The van der Waals surface area contributed by atoms with Gasteiger partial charge in [-0.2, -0.15) is 4.31 Å². The van der Waals surface area contributed by atoms with Crippen molar-refractivity contribution < 1.29 is 8.42 Å². The van der Waals surface area contributed by atoms with Crippen LogP contribution in [0, 0.1) is 5.92 Å². The molecule has 2 rings (SSSR count). The van der Waals surface area contributed by atoms with Gasteiger partial charge in [0.2, 0.25) is 5.03 Å². The third-order valence-electron chi connectivity index (χ3n) is 3.24. The maximum Gasteiger partial charge on any atom is 0.263 e. The minimum Gasteiger partial charge on any atom is -0.324 e. The fourth-order valence-corrected chi connectivity index (χ4v) is 3.96. The molecular formula is C10H16ClN3O2S. The monoisotopic (exact) mass is 277 g/mol. The Kier molecular flexibility index (Phi) is 3.47. The molecule has 0 aliphatic carbocycles. The summed E-state index contributed by atoms with van der Waals surface area (Å²) in [6.45, 7) is 3.22. The van der Waals surface area contributed by atoms with Gasteiger partial charge in [-0.15, -0.1) is 0 Å². The first kappa shape index (κ1) is 12.9. The summed E-state index contributed by atoms with van der Waals surface area (Å²) in [6, 6.07) is 0. The van der Waals surface area contributed by atoms with Crippen molar-refractivity contribution in [1.82, 2.24) is 13.9 Å². The van der Waals surface area contributed by atoms with Gasteiger partial charge in [0.25, 0.3) is 10.0 Å². The van der Waals surface area contributed by atoms with Gasteiger partial charge in [-0.05, 0) is 12.3 Å². The first-order valence-corrected chi connectivity index (χ1v) is 7.45. The topological polar surface area (TPSA) is 55.2 Å². The van der Waals surface area contributed by atoms with E-state index >= 15 is 0 Å². The van der Waals surface area contributed by atoms with Gasteiger partial charge in [-0.3, -0.25) is 0 Å². The van der Waals surface area contributed by atoms with Crippen LogP contribution in [0.3, 0.4) is 0 Å². The van der Waals surface area contributed by atoms with Crippen LogP contribution in [0.25, 0.3) is 0 Å². The number of halogens is 1. The van der Waals surface area contributed by atoms with Gasteiger partial charge >= 0.3 is 0 Å². The minimum absolute atomic E-state index is 0.0292. The summed E-state index contributed by atoms with van der Waals surface area (Å²) in [5.74, 6) is 0.451. The van der Waals surface area contributed by atoms with Crippen LogP contribution in [0.5, 0.6) is 0 Å². The molecule has 1 unspecified atom stereocenters. The van der Waals surface area contributed by atoms with E-state index in [9.17, 15) is 8.42 Å². The van der Waals surface area contributed by atoms with E-state index in [1.807, 2.05) is 0 Å². The molecule has 0 N–H and O–H groups in total. The van der Waals surface area contributed by atoms with Crippen LogP contribution < -0.4 is 0 Å². The second-order valence-electron chi connectivity index (χ2n) is 4.38. The molecule has 1 aromatic heterocycles. The van der Waals surface area contributed by atoms with Crippen molar-refractivity contribution >= 4 is 21.6 Å². The maximum absolute atomic E-state index is 12.3. The molecule has 0 radical (unpaired) electrons. The third-order valence-corrected chi connectivity index (χ3v) is 5.60. The minimum atomic E-state index is -3.52. The molecule has 0 spiro atoms. The van der Waals surface area contributed by atoms with Gasteiger partial charge in [0.15, 0.2) is 0 Å². The zero-order chi connectivity index (χ0) is 12.6. The SMILES string of the molecule is CCC1CCN(S(=O)(=O)c2ncn(C)c2Cl)C1. The molecule has 1 saturated heterocycles. The van der Waals surface area contributed by atoms with Crippen LogP contribution in [0.2, 0.25) is 5.15 Å². The van der Waals surface area contributed by atoms with Gasteiger partial charge in [0.05, 0.1) is 6.33 Å². The molecule has 1 aromatic rings. The van der Waals surface area contributed by atoms with Gasteiger partial charge in [-0.1, -0.05) is 24.9 Å². The Morgan fingerprint density at radius 3 is 2.76 bits per heavy atom. The zero-order valence-corrected chi connectivity index (χ0v) is 11.5. The number of imidazole rings is 1. The predicted molar refractivity (Wildman–Crippen MR) is 65.4 cm³/mol. The van der Waals surface area contributed by atoms with Crippen molar-refractivity contribution in [3.63, 3.8) is 0 Å². The molecule has 1 fully saturated rings. The van der Waals surface area contributed by atoms with Crippen molar-refractivity contribution in [3.05, 3.63) is 11.5 Å². The lowest BCUT2D eigenvalue weighted by molar-refractivity contribution is 0.451.